The molecule has 5 aromatic rings. The number of benzene rings is 2. The first-order valence-corrected chi connectivity index (χ1v) is 8.46. The van der Waals surface area contributed by atoms with E-state index in [1.165, 1.54) is 10.4 Å². The van der Waals surface area contributed by atoms with Crippen LogP contribution < -0.4 is 0 Å². The van der Waals surface area contributed by atoms with Gasteiger partial charge in [0.05, 0.1) is 5.39 Å². The summed E-state index contributed by atoms with van der Waals surface area (Å²) in [7, 11) is 0. The molecule has 5 rings (SSSR count). The van der Waals surface area contributed by atoms with Crippen LogP contribution in [0.5, 0.6) is 0 Å². The average Bonchev–Trinajstić information content (AvgIpc) is 3.27. The molecule has 4 nitrogen and oxygen atoms in total. The molecule has 0 saturated heterocycles. The Morgan fingerprint density at radius 3 is 2.25 bits per heavy atom. The highest BCUT2D eigenvalue weighted by Crippen LogP contribution is 2.34. The Balaban J connectivity index is 1.74. The molecule has 0 atom stereocenters. The van der Waals surface area contributed by atoms with Crippen LogP contribution in [0.2, 0.25) is 0 Å². The molecule has 0 aliphatic carbocycles. The second kappa shape index (κ2) is 5.25. The zero-order valence-electron chi connectivity index (χ0n) is 12.6. The molecule has 24 heavy (non-hydrogen) atoms. The molecular formula is C19H12N4S. The van der Waals surface area contributed by atoms with Gasteiger partial charge in [-0.15, -0.1) is 21.5 Å². The van der Waals surface area contributed by atoms with Crippen molar-refractivity contribution in [3.8, 4) is 21.8 Å². The predicted octanol–water partition coefficient (Wildman–Crippen LogP) is 4.67. The zero-order chi connectivity index (χ0) is 15.9. The standard InChI is InChI=1S/C19H12N4S/c1-3-7-13(8-4-1)16-11-15-18-22-21-17(14-9-5-2-6-10-14)23(18)12-20-19(15)24-16/h1-12H. The number of thiophene rings is 1. The van der Waals surface area contributed by atoms with Gasteiger partial charge >= 0.3 is 0 Å². The molecule has 114 valence electrons. The summed E-state index contributed by atoms with van der Waals surface area (Å²) in [5.41, 5.74) is 3.07. The molecule has 0 bridgehead atoms. The van der Waals surface area contributed by atoms with Gasteiger partial charge in [-0.3, -0.25) is 4.40 Å². The molecule has 2 aromatic carbocycles. The summed E-state index contributed by atoms with van der Waals surface area (Å²) in [6.45, 7) is 0. The Morgan fingerprint density at radius 2 is 1.50 bits per heavy atom. The molecule has 0 fully saturated rings. The normalized spacial score (nSPS) is 11.3. The molecule has 0 radical (unpaired) electrons. The molecule has 5 heteroatoms. The maximum absolute atomic E-state index is 4.62. The monoisotopic (exact) mass is 328 g/mol. The fourth-order valence-electron chi connectivity index (χ4n) is 2.86. The van der Waals surface area contributed by atoms with Gasteiger partial charge in [-0.25, -0.2) is 4.98 Å². The fraction of sp³-hybridized carbons (Fsp3) is 0. The first-order chi connectivity index (χ1) is 11.9. The Kier molecular flexibility index (Phi) is 2.93. The van der Waals surface area contributed by atoms with Crippen molar-refractivity contribution in [3.05, 3.63) is 73.1 Å². The largest absolute Gasteiger partial charge is 0.265 e. The zero-order valence-corrected chi connectivity index (χ0v) is 13.4. The van der Waals surface area contributed by atoms with Gasteiger partial charge in [-0.1, -0.05) is 60.7 Å². The van der Waals surface area contributed by atoms with Crippen molar-refractivity contribution in [1.82, 2.24) is 19.6 Å². The lowest BCUT2D eigenvalue weighted by atomic mass is 10.2. The number of hydrogen-bond acceptors (Lipinski definition) is 4. The van der Waals surface area contributed by atoms with E-state index in [1.54, 1.807) is 11.3 Å². The Morgan fingerprint density at radius 1 is 0.792 bits per heavy atom. The number of aromatic nitrogens is 4. The molecule has 3 aromatic heterocycles. The minimum Gasteiger partial charge on any atom is -0.265 e. The third kappa shape index (κ3) is 2.02. The lowest BCUT2D eigenvalue weighted by Gasteiger charge is -1.99. The average molecular weight is 328 g/mol. The second-order valence-electron chi connectivity index (χ2n) is 5.52. The van der Waals surface area contributed by atoms with Crippen molar-refractivity contribution in [2.75, 3.05) is 0 Å². The van der Waals surface area contributed by atoms with Crippen molar-refractivity contribution < 1.29 is 0 Å². The highest BCUT2D eigenvalue weighted by Gasteiger charge is 2.14. The highest BCUT2D eigenvalue weighted by atomic mass is 32.1. The molecule has 0 spiro atoms. The molecule has 0 N–H and O–H groups in total. The summed E-state index contributed by atoms with van der Waals surface area (Å²) >= 11 is 1.68. The maximum Gasteiger partial charge on any atom is 0.172 e. The number of rotatable bonds is 2. The van der Waals surface area contributed by atoms with E-state index in [0.717, 1.165) is 27.3 Å². The van der Waals surface area contributed by atoms with Crippen molar-refractivity contribution in [3.63, 3.8) is 0 Å². The van der Waals surface area contributed by atoms with Crippen molar-refractivity contribution in [1.29, 1.82) is 0 Å². The molecular weight excluding hydrogens is 316 g/mol. The van der Waals surface area contributed by atoms with Crippen LogP contribution in [0.15, 0.2) is 73.1 Å². The van der Waals surface area contributed by atoms with Gasteiger partial charge < -0.3 is 0 Å². The van der Waals surface area contributed by atoms with E-state index in [4.69, 9.17) is 0 Å². The second-order valence-corrected chi connectivity index (χ2v) is 6.55. The van der Waals surface area contributed by atoms with E-state index in [1.807, 2.05) is 59.3 Å². The first-order valence-electron chi connectivity index (χ1n) is 7.64. The Hall–Kier alpha value is -3.05. The summed E-state index contributed by atoms with van der Waals surface area (Å²) in [4.78, 5) is 6.79. The highest BCUT2D eigenvalue weighted by molar-refractivity contribution is 7.22. The number of nitrogens with zero attached hydrogens (tertiary/aromatic N) is 4. The lowest BCUT2D eigenvalue weighted by molar-refractivity contribution is 1.09. The van der Waals surface area contributed by atoms with Crippen molar-refractivity contribution in [2.24, 2.45) is 0 Å². The Bertz CT molecular complexity index is 1140. The van der Waals surface area contributed by atoms with Gasteiger partial charge in [-0.2, -0.15) is 0 Å². The SMILES string of the molecule is c1ccc(-c2cc3c(ncn4c(-c5ccccc5)nnc34)s2)cc1. The first kappa shape index (κ1) is 13.4. The lowest BCUT2D eigenvalue weighted by Crippen LogP contribution is -1.90. The van der Waals surface area contributed by atoms with Gasteiger partial charge in [-0.05, 0) is 11.6 Å². The van der Waals surface area contributed by atoms with Crippen LogP contribution in [0.3, 0.4) is 0 Å². The van der Waals surface area contributed by atoms with Gasteiger partial charge in [0.1, 0.15) is 11.2 Å². The van der Waals surface area contributed by atoms with Crippen LogP contribution in [0, 0.1) is 0 Å². The molecule has 0 aliphatic heterocycles. The topological polar surface area (TPSA) is 43.1 Å². The molecule has 0 amide bonds. The summed E-state index contributed by atoms with van der Waals surface area (Å²) in [6.07, 6.45) is 1.81. The van der Waals surface area contributed by atoms with Crippen LogP contribution in [-0.2, 0) is 0 Å². The smallest absolute Gasteiger partial charge is 0.172 e. The van der Waals surface area contributed by atoms with Gasteiger partial charge in [0.25, 0.3) is 0 Å². The number of hydrogen-bond donors (Lipinski definition) is 0. The van der Waals surface area contributed by atoms with Crippen molar-refractivity contribution >= 4 is 27.2 Å². The van der Waals surface area contributed by atoms with E-state index in [2.05, 4.69) is 33.4 Å². The van der Waals surface area contributed by atoms with Crippen LogP contribution >= 0.6 is 11.3 Å². The third-order valence-electron chi connectivity index (χ3n) is 4.03. The molecule has 0 aliphatic rings. The van der Waals surface area contributed by atoms with E-state index in [9.17, 15) is 0 Å². The van der Waals surface area contributed by atoms with Gasteiger partial charge in [0.15, 0.2) is 11.5 Å². The fourth-order valence-corrected chi connectivity index (χ4v) is 3.86. The van der Waals surface area contributed by atoms with Crippen LogP contribution in [0.1, 0.15) is 0 Å². The molecule has 3 heterocycles. The van der Waals surface area contributed by atoms with E-state index >= 15 is 0 Å². The van der Waals surface area contributed by atoms with Crippen LogP contribution in [0.4, 0.5) is 0 Å². The molecule has 0 saturated carbocycles. The quantitative estimate of drug-likeness (QED) is 0.473. The van der Waals surface area contributed by atoms with E-state index in [0.29, 0.717) is 0 Å². The van der Waals surface area contributed by atoms with Crippen molar-refractivity contribution in [2.45, 2.75) is 0 Å². The van der Waals surface area contributed by atoms with E-state index in [-0.39, 0.29) is 0 Å². The summed E-state index contributed by atoms with van der Waals surface area (Å²) in [5, 5.41) is 9.82. The van der Waals surface area contributed by atoms with Gasteiger partial charge in [0, 0.05) is 10.4 Å². The minimum absolute atomic E-state index is 0.812. The maximum atomic E-state index is 4.62. The van der Waals surface area contributed by atoms with Crippen LogP contribution in [-0.4, -0.2) is 19.6 Å². The minimum atomic E-state index is 0.812. The predicted molar refractivity (Wildman–Crippen MR) is 97.0 cm³/mol. The number of fused-ring (bicyclic) bond motifs is 3. The summed E-state index contributed by atoms with van der Waals surface area (Å²) in [5.74, 6) is 0.812. The van der Waals surface area contributed by atoms with Crippen LogP contribution in [0.25, 0.3) is 37.7 Å². The Labute approximate surface area is 142 Å². The van der Waals surface area contributed by atoms with Gasteiger partial charge in [0.2, 0.25) is 0 Å². The van der Waals surface area contributed by atoms with E-state index < -0.39 is 0 Å². The third-order valence-corrected chi connectivity index (χ3v) is 5.12. The molecule has 0 unspecified atom stereocenters. The summed E-state index contributed by atoms with van der Waals surface area (Å²) in [6, 6.07) is 22.6. The summed E-state index contributed by atoms with van der Waals surface area (Å²) < 4.78 is 1.96.